The van der Waals surface area contributed by atoms with Gasteiger partial charge in [-0.25, -0.2) is 9.18 Å². The topological polar surface area (TPSA) is 99.7 Å². The van der Waals surface area contributed by atoms with E-state index in [1.165, 1.54) is 31.4 Å². The van der Waals surface area contributed by atoms with Crippen LogP contribution >= 0.6 is 0 Å². The van der Waals surface area contributed by atoms with E-state index in [0.717, 1.165) is 0 Å². The normalized spacial score (nSPS) is 13.9. The fraction of sp³-hybridized carbons (Fsp3) is 0.238. The van der Waals surface area contributed by atoms with Crippen LogP contribution in [0.2, 0.25) is 0 Å². The number of nitro groups is 1. The maximum atomic E-state index is 14.3. The predicted molar refractivity (Wildman–Crippen MR) is 110 cm³/mol. The third-order valence-electron chi connectivity index (χ3n) is 4.85. The largest absolute Gasteiger partial charge is 0.466 e. The van der Waals surface area contributed by atoms with Gasteiger partial charge in [-0.3, -0.25) is 10.1 Å². The number of nitrogens with zero attached hydrogens (tertiary/aromatic N) is 4. The second kappa shape index (κ2) is 9.05. The van der Waals surface area contributed by atoms with E-state index in [-0.39, 0.29) is 11.3 Å². The number of carbonyl (C=O) groups excluding carboxylic acids is 1. The molecule has 1 aliphatic heterocycles. The molecule has 1 fully saturated rings. The molecule has 1 aliphatic rings. The summed E-state index contributed by atoms with van der Waals surface area (Å²) in [7, 11) is 1.25. The first-order chi connectivity index (χ1) is 14.4. The van der Waals surface area contributed by atoms with Crippen LogP contribution in [-0.2, 0) is 9.53 Å². The average Bonchev–Trinajstić information content (AvgIpc) is 2.77. The van der Waals surface area contributed by atoms with Gasteiger partial charge in [-0.1, -0.05) is 6.07 Å². The van der Waals surface area contributed by atoms with Crippen molar-refractivity contribution < 1.29 is 18.8 Å². The predicted octanol–water partition coefficient (Wildman–Crippen LogP) is 3.12. The number of halogens is 1. The number of esters is 1. The van der Waals surface area contributed by atoms with Gasteiger partial charge in [-0.15, -0.1) is 0 Å². The van der Waals surface area contributed by atoms with Gasteiger partial charge in [0.2, 0.25) is 0 Å². The van der Waals surface area contributed by atoms with E-state index in [9.17, 15) is 19.3 Å². The highest BCUT2D eigenvalue weighted by Crippen LogP contribution is 2.31. The van der Waals surface area contributed by atoms with Crippen molar-refractivity contribution in [3.8, 4) is 6.07 Å². The number of nitriles is 1. The first kappa shape index (κ1) is 20.8. The molecule has 0 atom stereocenters. The van der Waals surface area contributed by atoms with Gasteiger partial charge in [-0.2, -0.15) is 5.26 Å². The molecule has 2 aromatic rings. The number of hydrogen-bond donors (Lipinski definition) is 0. The molecule has 1 heterocycles. The number of carbonyl (C=O) groups is 1. The number of anilines is 2. The second-order valence-corrected chi connectivity index (χ2v) is 6.61. The smallest absolute Gasteiger partial charge is 0.330 e. The molecular weight excluding hydrogens is 391 g/mol. The number of nitro benzene ring substituents is 1. The molecule has 0 unspecified atom stereocenters. The fourth-order valence-electron chi connectivity index (χ4n) is 3.31. The molecule has 0 spiro atoms. The van der Waals surface area contributed by atoms with E-state index in [4.69, 9.17) is 5.26 Å². The Morgan fingerprint density at radius 2 is 1.80 bits per heavy atom. The Labute approximate surface area is 172 Å². The van der Waals surface area contributed by atoms with E-state index in [1.807, 2.05) is 15.9 Å². The van der Waals surface area contributed by atoms with Gasteiger partial charge in [0.15, 0.2) is 0 Å². The number of ether oxygens (including phenoxy) is 1. The minimum atomic E-state index is -0.548. The van der Waals surface area contributed by atoms with Crippen molar-refractivity contribution in [1.82, 2.24) is 0 Å². The van der Waals surface area contributed by atoms with Crippen LogP contribution in [0.1, 0.15) is 11.1 Å². The summed E-state index contributed by atoms with van der Waals surface area (Å²) in [5.41, 5.74) is 1.57. The molecule has 0 radical (unpaired) electrons. The van der Waals surface area contributed by atoms with Crippen LogP contribution in [0.3, 0.4) is 0 Å². The molecule has 0 bridgehead atoms. The maximum absolute atomic E-state index is 14.3. The van der Waals surface area contributed by atoms with Crippen molar-refractivity contribution in [2.75, 3.05) is 43.1 Å². The first-order valence-corrected chi connectivity index (χ1v) is 9.17. The molecule has 2 aromatic carbocycles. The number of hydrogen-bond acceptors (Lipinski definition) is 7. The first-order valence-electron chi connectivity index (χ1n) is 9.17. The molecular formula is C21H19FN4O4. The minimum absolute atomic E-state index is 0.0694. The van der Waals surface area contributed by atoms with Gasteiger partial charge in [0, 0.05) is 38.3 Å². The molecule has 8 nitrogen and oxygen atoms in total. The van der Waals surface area contributed by atoms with E-state index < -0.39 is 16.7 Å². The van der Waals surface area contributed by atoms with Gasteiger partial charge >= 0.3 is 5.97 Å². The molecule has 0 aromatic heterocycles. The Hall–Kier alpha value is -3.93. The van der Waals surface area contributed by atoms with Crippen LogP contribution in [0.4, 0.5) is 21.5 Å². The van der Waals surface area contributed by atoms with Crippen molar-refractivity contribution in [3.05, 3.63) is 69.5 Å². The maximum Gasteiger partial charge on any atom is 0.330 e. The number of rotatable bonds is 5. The zero-order valence-corrected chi connectivity index (χ0v) is 16.2. The van der Waals surface area contributed by atoms with Crippen molar-refractivity contribution in [1.29, 1.82) is 5.26 Å². The molecule has 3 rings (SSSR count). The summed E-state index contributed by atoms with van der Waals surface area (Å²) in [6.07, 6.45) is 2.65. The van der Waals surface area contributed by atoms with E-state index >= 15 is 0 Å². The van der Waals surface area contributed by atoms with Crippen LogP contribution in [0, 0.1) is 27.3 Å². The SMILES string of the molecule is COC(=O)/C=C/c1ccc(N2CCN(c3ccc(C#N)cc3F)CC2)c([N+](=O)[O-])c1. The Bertz CT molecular complexity index is 1040. The lowest BCUT2D eigenvalue weighted by atomic mass is 10.1. The van der Waals surface area contributed by atoms with Crippen LogP contribution in [0.15, 0.2) is 42.5 Å². The summed E-state index contributed by atoms with van der Waals surface area (Å²) in [5, 5.41) is 20.4. The molecule has 9 heteroatoms. The Kier molecular flexibility index (Phi) is 6.27. The summed E-state index contributed by atoms with van der Waals surface area (Å²) in [4.78, 5) is 26.1. The monoisotopic (exact) mass is 410 g/mol. The quantitative estimate of drug-likeness (QED) is 0.323. The number of benzene rings is 2. The highest BCUT2D eigenvalue weighted by atomic mass is 19.1. The van der Waals surface area contributed by atoms with Gasteiger partial charge < -0.3 is 14.5 Å². The summed E-state index contributed by atoms with van der Waals surface area (Å²) in [6, 6.07) is 11.0. The van der Waals surface area contributed by atoms with Crippen molar-refractivity contribution in [3.63, 3.8) is 0 Å². The van der Waals surface area contributed by atoms with Gasteiger partial charge in [-0.05, 0) is 35.9 Å². The van der Waals surface area contributed by atoms with Gasteiger partial charge in [0.1, 0.15) is 11.5 Å². The molecule has 1 saturated heterocycles. The van der Waals surface area contributed by atoms with Crippen LogP contribution in [-0.4, -0.2) is 44.2 Å². The van der Waals surface area contributed by atoms with Crippen molar-refractivity contribution >= 4 is 29.1 Å². The lowest BCUT2D eigenvalue weighted by molar-refractivity contribution is -0.384. The zero-order chi connectivity index (χ0) is 21.7. The molecule has 0 amide bonds. The highest BCUT2D eigenvalue weighted by Gasteiger charge is 2.25. The number of methoxy groups -OCH3 is 1. The molecule has 30 heavy (non-hydrogen) atoms. The minimum Gasteiger partial charge on any atom is -0.466 e. The molecule has 0 aliphatic carbocycles. The van der Waals surface area contributed by atoms with E-state index in [2.05, 4.69) is 4.74 Å². The summed E-state index contributed by atoms with van der Waals surface area (Å²) >= 11 is 0. The second-order valence-electron chi connectivity index (χ2n) is 6.61. The summed E-state index contributed by atoms with van der Waals surface area (Å²) in [5.74, 6) is -1.01. The standard InChI is InChI=1S/C21H19FN4O4/c1-30-21(27)7-4-15-2-6-19(20(13-15)26(28)29)25-10-8-24(9-11-25)18-5-3-16(14-23)12-17(18)22/h2-7,12-13H,8-11H2,1H3/b7-4+. The Balaban J connectivity index is 1.76. The van der Waals surface area contributed by atoms with Gasteiger partial charge in [0.25, 0.3) is 5.69 Å². The molecule has 154 valence electrons. The average molecular weight is 410 g/mol. The van der Waals surface area contributed by atoms with Crippen LogP contribution in [0.25, 0.3) is 6.08 Å². The van der Waals surface area contributed by atoms with Crippen LogP contribution < -0.4 is 9.80 Å². The van der Waals surface area contributed by atoms with E-state index in [1.54, 1.807) is 24.3 Å². The number of piperazine rings is 1. The highest BCUT2D eigenvalue weighted by molar-refractivity contribution is 5.87. The van der Waals surface area contributed by atoms with Crippen LogP contribution in [0.5, 0.6) is 0 Å². The third-order valence-corrected chi connectivity index (χ3v) is 4.85. The molecule has 0 N–H and O–H groups in total. The lowest BCUT2D eigenvalue weighted by Gasteiger charge is -2.37. The van der Waals surface area contributed by atoms with Crippen molar-refractivity contribution in [2.24, 2.45) is 0 Å². The fourth-order valence-corrected chi connectivity index (χ4v) is 3.31. The molecule has 0 saturated carbocycles. The summed E-state index contributed by atoms with van der Waals surface area (Å²) < 4.78 is 18.8. The zero-order valence-electron chi connectivity index (χ0n) is 16.2. The Morgan fingerprint density at radius 3 is 2.37 bits per heavy atom. The summed E-state index contributed by atoms with van der Waals surface area (Å²) in [6.45, 7) is 1.89. The van der Waals surface area contributed by atoms with Crippen molar-refractivity contribution in [2.45, 2.75) is 0 Å². The lowest BCUT2D eigenvalue weighted by Crippen LogP contribution is -2.47. The van der Waals surface area contributed by atoms with Gasteiger partial charge in [0.05, 0.1) is 29.4 Å². The third kappa shape index (κ3) is 4.55. The Morgan fingerprint density at radius 1 is 1.17 bits per heavy atom. The van der Waals surface area contributed by atoms with E-state index in [0.29, 0.717) is 43.1 Å².